The Morgan fingerprint density at radius 1 is 0.897 bits per heavy atom. The van der Waals surface area contributed by atoms with E-state index in [0.717, 1.165) is 11.0 Å². The average molecular weight is 437 g/mol. The highest BCUT2D eigenvalue weighted by Crippen LogP contribution is 2.28. The third-order valence-electron chi connectivity index (χ3n) is 5.20. The van der Waals surface area contributed by atoms with Crippen molar-refractivity contribution in [1.82, 2.24) is 13.9 Å². The number of nitrogens with one attached hydrogen (secondary N) is 1. The van der Waals surface area contributed by atoms with Crippen LogP contribution in [0.2, 0.25) is 0 Å². The molecule has 0 bridgehead atoms. The second-order valence-electron chi connectivity index (χ2n) is 6.97. The molecule has 0 spiro atoms. The molecule has 1 aliphatic heterocycles. The zero-order valence-corrected chi connectivity index (χ0v) is 17.0. The predicted octanol–water partition coefficient (Wildman–Crippen LogP) is 1.00. The van der Waals surface area contributed by atoms with E-state index < -0.39 is 20.0 Å². The number of H-pyrrole nitrogens is 1. The van der Waals surface area contributed by atoms with E-state index in [-0.39, 0.29) is 34.6 Å². The second-order valence-corrected chi connectivity index (χ2v) is 10.5. The van der Waals surface area contributed by atoms with Crippen molar-refractivity contribution >= 4 is 31.1 Å². The molecule has 29 heavy (non-hydrogen) atoms. The molecule has 3 N–H and O–H groups in total. The number of aromatic nitrogens is 2. The number of sulfonamides is 2. The number of benzene rings is 2. The minimum absolute atomic E-state index is 0.00705. The Morgan fingerprint density at radius 3 is 2.10 bits per heavy atom. The highest BCUT2D eigenvalue weighted by molar-refractivity contribution is 7.89. The number of primary sulfonamides is 1. The van der Waals surface area contributed by atoms with Gasteiger partial charge in [0.15, 0.2) is 0 Å². The van der Waals surface area contributed by atoms with Gasteiger partial charge in [0.1, 0.15) is 0 Å². The Morgan fingerprint density at radius 2 is 1.48 bits per heavy atom. The quantitative estimate of drug-likeness (QED) is 0.629. The summed E-state index contributed by atoms with van der Waals surface area (Å²) in [5.74, 6) is 0. The molecule has 3 aromatic rings. The molecule has 1 aromatic heterocycles. The van der Waals surface area contributed by atoms with Gasteiger partial charge in [0, 0.05) is 19.1 Å². The van der Waals surface area contributed by atoms with E-state index in [1.807, 2.05) is 24.3 Å². The van der Waals surface area contributed by atoms with Crippen molar-refractivity contribution in [3.63, 3.8) is 0 Å². The van der Waals surface area contributed by atoms with E-state index in [1.54, 1.807) is 4.57 Å². The highest BCUT2D eigenvalue weighted by atomic mass is 32.2. The third-order valence-corrected chi connectivity index (χ3v) is 8.04. The van der Waals surface area contributed by atoms with Gasteiger partial charge in [-0.05, 0) is 49.2 Å². The van der Waals surface area contributed by atoms with Crippen molar-refractivity contribution in [2.24, 2.45) is 5.14 Å². The Kier molecular flexibility index (Phi) is 4.85. The van der Waals surface area contributed by atoms with Crippen LogP contribution in [0.15, 0.2) is 63.1 Å². The minimum Gasteiger partial charge on any atom is -0.306 e. The number of para-hydroxylation sites is 2. The fourth-order valence-corrected chi connectivity index (χ4v) is 5.71. The number of hydrogen-bond donors (Lipinski definition) is 2. The van der Waals surface area contributed by atoms with Gasteiger partial charge in [0.25, 0.3) is 0 Å². The lowest BCUT2D eigenvalue weighted by Crippen LogP contribution is -2.40. The molecular formula is C18H20N4O5S2. The lowest BCUT2D eigenvalue weighted by atomic mass is 10.1. The molecule has 11 heteroatoms. The van der Waals surface area contributed by atoms with Crippen LogP contribution in [0.25, 0.3) is 11.0 Å². The van der Waals surface area contributed by atoms with Crippen molar-refractivity contribution in [2.45, 2.75) is 28.7 Å². The van der Waals surface area contributed by atoms with Crippen molar-refractivity contribution < 1.29 is 16.8 Å². The zero-order valence-electron chi connectivity index (χ0n) is 15.4. The van der Waals surface area contributed by atoms with Gasteiger partial charge in [-0.3, -0.25) is 4.57 Å². The molecule has 1 aliphatic rings. The molecule has 4 rings (SSSR count). The second kappa shape index (κ2) is 7.10. The van der Waals surface area contributed by atoms with Gasteiger partial charge >= 0.3 is 5.69 Å². The number of hydrogen-bond acceptors (Lipinski definition) is 5. The Bertz CT molecular complexity index is 1320. The maximum absolute atomic E-state index is 12.9. The molecule has 0 atom stereocenters. The molecule has 0 saturated carbocycles. The molecule has 0 unspecified atom stereocenters. The summed E-state index contributed by atoms with van der Waals surface area (Å²) in [5, 5.41) is 5.05. The van der Waals surface area contributed by atoms with Crippen LogP contribution in [0, 0.1) is 0 Å². The van der Waals surface area contributed by atoms with Crippen LogP contribution in [-0.4, -0.2) is 43.8 Å². The topological polar surface area (TPSA) is 135 Å². The summed E-state index contributed by atoms with van der Waals surface area (Å²) < 4.78 is 51.5. The molecule has 0 radical (unpaired) electrons. The normalized spacial score (nSPS) is 17.0. The highest BCUT2D eigenvalue weighted by Gasteiger charge is 2.31. The monoisotopic (exact) mass is 436 g/mol. The van der Waals surface area contributed by atoms with Crippen LogP contribution in [0.4, 0.5) is 0 Å². The zero-order chi connectivity index (χ0) is 20.8. The number of rotatable bonds is 4. The number of piperidine rings is 1. The summed E-state index contributed by atoms with van der Waals surface area (Å²) in [4.78, 5) is 15.1. The third kappa shape index (κ3) is 3.62. The predicted molar refractivity (Wildman–Crippen MR) is 107 cm³/mol. The van der Waals surface area contributed by atoms with Crippen LogP contribution in [0.3, 0.4) is 0 Å². The molecule has 2 heterocycles. The first-order valence-corrected chi connectivity index (χ1v) is 12.0. The van der Waals surface area contributed by atoms with Crippen LogP contribution in [0.5, 0.6) is 0 Å². The fourth-order valence-electron chi connectivity index (χ4n) is 3.73. The molecule has 0 amide bonds. The molecule has 2 aromatic carbocycles. The molecule has 1 fully saturated rings. The first-order chi connectivity index (χ1) is 13.7. The van der Waals surface area contributed by atoms with Gasteiger partial charge in [-0.2, -0.15) is 4.31 Å². The number of nitrogens with two attached hydrogens (primary N) is 1. The van der Waals surface area contributed by atoms with Gasteiger partial charge in [-0.15, -0.1) is 0 Å². The smallest absolute Gasteiger partial charge is 0.306 e. The van der Waals surface area contributed by atoms with E-state index in [9.17, 15) is 21.6 Å². The lowest BCUT2D eigenvalue weighted by Gasteiger charge is -2.31. The number of nitrogens with zero attached hydrogens (tertiary/aromatic N) is 2. The van der Waals surface area contributed by atoms with Crippen LogP contribution in [-0.2, 0) is 20.0 Å². The van der Waals surface area contributed by atoms with Gasteiger partial charge < -0.3 is 4.98 Å². The van der Waals surface area contributed by atoms with Crippen LogP contribution >= 0.6 is 0 Å². The van der Waals surface area contributed by atoms with Gasteiger partial charge in [-0.25, -0.2) is 26.8 Å². The maximum Gasteiger partial charge on any atom is 0.326 e. The average Bonchev–Trinajstić information content (AvgIpc) is 3.03. The Balaban J connectivity index is 1.54. The molecule has 0 aliphatic carbocycles. The minimum atomic E-state index is -3.89. The van der Waals surface area contributed by atoms with Crippen molar-refractivity contribution in [3.8, 4) is 0 Å². The maximum atomic E-state index is 12.9. The number of aromatic amines is 1. The largest absolute Gasteiger partial charge is 0.326 e. The van der Waals surface area contributed by atoms with E-state index in [0.29, 0.717) is 12.8 Å². The lowest BCUT2D eigenvalue weighted by molar-refractivity contribution is 0.274. The standard InChI is InChI=1S/C18H20N4O5S2/c19-28(24,25)14-5-7-15(8-6-14)29(26,27)21-11-9-13(10-12-21)22-17-4-2-1-3-16(17)20-18(22)23/h1-8,13H,9-12H2,(H,20,23)(H2,19,24,25). The van der Waals surface area contributed by atoms with Crippen LogP contribution in [0.1, 0.15) is 18.9 Å². The van der Waals surface area contributed by atoms with E-state index >= 15 is 0 Å². The summed E-state index contributed by atoms with van der Waals surface area (Å²) in [5.41, 5.74) is 1.35. The molecule has 1 saturated heterocycles. The summed E-state index contributed by atoms with van der Waals surface area (Å²) in [6.45, 7) is 0.520. The summed E-state index contributed by atoms with van der Waals surface area (Å²) >= 11 is 0. The van der Waals surface area contributed by atoms with Crippen molar-refractivity contribution in [1.29, 1.82) is 0 Å². The SMILES string of the molecule is NS(=O)(=O)c1ccc(S(=O)(=O)N2CCC(n3c(=O)[nH]c4ccccc43)CC2)cc1. The van der Waals surface area contributed by atoms with Crippen LogP contribution < -0.4 is 10.8 Å². The Hall–Kier alpha value is -2.47. The summed E-state index contributed by atoms with van der Waals surface area (Å²) in [7, 11) is -7.65. The first kappa shape index (κ1) is 19.8. The molecular weight excluding hydrogens is 416 g/mol. The molecule has 154 valence electrons. The number of fused-ring (bicyclic) bond motifs is 1. The number of imidazole rings is 1. The van der Waals surface area contributed by atoms with E-state index in [1.165, 1.54) is 28.6 Å². The Labute approximate surface area is 167 Å². The van der Waals surface area contributed by atoms with Gasteiger partial charge in [-0.1, -0.05) is 12.1 Å². The summed E-state index contributed by atoms with van der Waals surface area (Å²) in [6, 6.07) is 12.1. The van der Waals surface area contributed by atoms with Crippen molar-refractivity contribution in [3.05, 3.63) is 59.0 Å². The van der Waals surface area contributed by atoms with E-state index in [2.05, 4.69) is 4.98 Å². The van der Waals surface area contributed by atoms with Gasteiger partial charge in [0.2, 0.25) is 20.0 Å². The first-order valence-electron chi connectivity index (χ1n) is 9.00. The molecule has 9 nitrogen and oxygen atoms in total. The van der Waals surface area contributed by atoms with Gasteiger partial charge in [0.05, 0.1) is 20.8 Å². The van der Waals surface area contributed by atoms with E-state index in [4.69, 9.17) is 5.14 Å². The van der Waals surface area contributed by atoms with Crippen molar-refractivity contribution in [2.75, 3.05) is 13.1 Å². The fraction of sp³-hybridized carbons (Fsp3) is 0.278. The summed E-state index contributed by atoms with van der Waals surface area (Å²) in [6.07, 6.45) is 0.993.